The number of fused-ring (bicyclic) bond motifs is 10. The molecule has 2 heteroatoms. The molecule has 0 atom stereocenters. The average Bonchev–Trinajstić information content (AvgIpc) is 3.73. The van der Waals surface area contributed by atoms with Crippen LogP contribution in [0.3, 0.4) is 0 Å². The number of hydrogen-bond acceptors (Lipinski definition) is 1. The first kappa shape index (κ1) is 27.9. The van der Waals surface area contributed by atoms with E-state index in [9.17, 15) is 0 Å². The lowest BCUT2D eigenvalue weighted by molar-refractivity contribution is 0.980. The number of rotatable bonds is 3. The van der Waals surface area contributed by atoms with Gasteiger partial charge in [-0.25, -0.2) is 0 Å². The first-order chi connectivity index (χ1) is 24.8. The molecule has 0 saturated carbocycles. The molecule has 0 amide bonds. The van der Waals surface area contributed by atoms with Gasteiger partial charge in [-0.3, -0.25) is 0 Å². The molecule has 0 fully saturated rings. The van der Waals surface area contributed by atoms with Crippen molar-refractivity contribution in [2.75, 3.05) is 0 Å². The summed E-state index contributed by atoms with van der Waals surface area (Å²) in [4.78, 5) is 0. The third-order valence-electron chi connectivity index (χ3n) is 10.9. The van der Waals surface area contributed by atoms with E-state index in [1.54, 1.807) is 0 Å². The fourth-order valence-corrected chi connectivity index (χ4v) is 9.92. The van der Waals surface area contributed by atoms with Crippen molar-refractivity contribution >= 4 is 80.9 Å². The van der Waals surface area contributed by atoms with Crippen LogP contribution >= 0.6 is 11.3 Å². The lowest BCUT2D eigenvalue weighted by atomic mass is 9.82. The van der Waals surface area contributed by atoms with E-state index in [1.165, 1.54) is 103 Å². The maximum absolute atomic E-state index is 2.57. The second kappa shape index (κ2) is 10.8. The lowest BCUT2D eigenvalue weighted by Crippen LogP contribution is -2.05. The van der Waals surface area contributed by atoms with Gasteiger partial charge in [-0.05, 0) is 86.5 Å². The molecule has 10 aromatic rings. The Balaban J connectivity index is 1.26. The predicted molar refractivity (Wildman–Crippen MR) is 217 cm³/mol. The molecule has 1 aliphatic carbocycles. The third-order valence-corrected chi connectivity index (χ3v) is 12.0. The summed E-state index contributed by atoms with van der Waals surface area (Å²) >= 11 is 1.89. The van der Waals surface area contributed by atoms with Crippen LogP contribution in [0, 0.1) is 0 Å². The molecule has 0 bridgehead atoms. The van der Waals surface area contributed by atoms with Crippen LogP contribution in [-0.2, 0) is 6.42 Å². The van der Waals surface area contributed by atoms with Gasteiger partial charge in [0.2, 0.25) is 0 Å². The zero-order valence-corrected chi connectivity index (χ0v) is 28.2. The molecule has 0 N–H and O–H groups in total. The van der Waals surface area contributed by atoms with Gasteiger partial charge in [-0.1, -0.05) is 140 Å². The third kappa shape index (κ3) is 3.88. The highest BCUT2D eigenvalue weighted by atomic mass is 32.1. The number of thiophene rings is 1. The number of aromatic nitrogens is 1. The Labute approximate surface area is 294 Å². The van der Waals surface area contributed by atoms with Crippen molar-refractivity contribution in [2.45, 2.75) is 12.8 Å². The monoisotopic (exact) mass is 653 g/mol. The number of nitrogens with zero attached hydrogens (tertiary/aromatic N) is 1. The minimum Gasteiger partial charge on any atom is -0.308 e. The molecule has 11 rings (SSSR count). The molecule has 0 radical (unpaired) electrons. The average molecular weight is 654 g/mol. The van der Waals surface area contributed by atoms with Crippen molar-refractivity contribution in [3.63, 3.8) is 0 Å². The fourth-order valence-electron chi connectivity index (χ4n) is 8.82. The van der Waals surface area contributed by atoms with Crippen molar-refractivity contribution in [1.29, 1.82) is 0 Å². The molecular weight excluding hydrogens is 623 g/mol. The van der Waals surface area contributed by atoms with Gasteiger partial charge in [-0.2, -0.15) is 0 Å². The minimum atomic E-state index is 1.01. The Bertz CT molecular complexity index is 2970. The van der Waals surface area contributed by atoms with E-state index in [-0.39, 0.29) is 0 Å². The molecular formula is C48H31NS. The van der Waals surface area contributed by atoms with Crippen LogP contribution in [0.5, 0.6) is 0 Å². The first-order valence-electron chi connectivity index (χ1n) is 17.5. The van der Waals surface area contributed by atoms with Gasteiger partial charge in [-0.15, -0.1) is 11.3 Å². The van der Waals surface area contributed by atoms with Crippen LogP contribution in [0.1, 0.15) is 17.5 Å². The van der Waals surface area contributed by atoms with E-state index in [0.29, 0.717) is 0 Å². The highest BCUT2D eigenvalue weighted by Crippen LogP contribution is 2.48. The summed E-state index contributed by atoms with van der Waals surface area (Å²) in [6, 6.07) is 56.3. The Morgan fingerprint density at radius 3 is 1.88 bits per heavy atom. The topological polar surface area (TPSA) is 4.93 Å². The van der Waals surface area contributed by atoms with E-state index in [2.05, 4.69) is 168 Å². The quantitative estimate of drug-likeness (QED) is 0.167. The van der Waals surface area contributed by atoms with E-state index >= 15 is 0 Å². The van der Waals surface area contributed by atoms with Crippen LogP contribution in [0.15, 0.2) is 158 Å². The van der Waals surface area contributed by atoms with Crippen LogP contribution < -0.4 is 0 Å². The predicted octanol–water partition coefficient (Wildman–Crippen LogP) is 13.8. The summed E-state index contributed by atoms with van der Waals surface area (Å²) in [6.07, 6.45) is 6.81. The summed E-state index contributed by atoms with van der Waals surface area (Å²) in [5.74, 6) is 0. The van der Waals surface area contributed by atoms with Gasteiger partial charge in [0.25, 0.3) is 0 Å². The van der Waals surface area contributed by atoms with Gasteiger partial charge in [0.05, 0.1) is 16.7 Å². The number of benzene rings is 8. The Morgan fingerprint density at radius 1 is 0.480 bits per heavy atom. The smallest absolute Gasteiger partial charge is 0.0634 e. The first-order valence-corrected chi connectivity index (χ1v) is 18.3. The Morgan fingerprint density at radius 2 is 1.12 bits per heavy atom. The molecule has 0 saturated heterocycles. The summed E-state index contributed by atoms with van der Waals surface area (Å²) in [7, 11) is 0. The molecule has 8 aromatic carbocycles. The summed E-state index contributed by atoms with van der Waals surface area (Å²) < 4.78 is 5.24. The minimum absolute atomic E-state index is 1.01. The zero-order valence-electron chi connectivity index (χ0n) is 27.4. The molecule has 234 valence electrons. The SMILES string of the molecule is C1=Cc2c(-n3c4ccccc4c4ccc5sc6ccccc6c5c43)ccc(-c3c4ccccc4c(-c4ccccc4)c4ccccc34)c2CC1. The van der Waals surface area contributed by atoms with Gasteiger partial charge in [0.15, 0.2) is 0 Å². The maximum atomic E-state index is 2.57. The Hall–Kier alpha value is -5.96. The van der Waals surface area contributed by atoms with Crippen LogP contribution in [0.25, 0.3) is 97.5 Å². The van der Waals surface area contributed by atoms with E-state index in [4.69, 9.17) is 0 Å². The van der Waals surface area contributed by atoms with Crippen LogP contribution in [0.4, 0.5) is 0 Å². The second-order valence-corrected chi connectivity index (χ2v) is 14.5. The molecule has 1 nitrogen and oxygen atoms in total. The normalized spacial score (nSPS) is 13.0. The van der Waals surface area contributed by atoms with Gasteiger partial charge in [0.1, 0.15) is 0 Å². The highest BCUT2D eigenvalue weighted by molar-refractivity contribution is 7.26. The summed E-state index contributed by atoms with van der Waals surface area (Å²) in [5.41, 5.74) is 11.8. The van der Waals surface area contributed by atoms with Gasteiger partial charge in [0, 0.05) is 36.5 Å². The number of hydrogen-bond donors (Lipinski definition) is 0. The molecule has 2 aromatic heterocycles. The highest BCUT2D eigenvalue weighted by Gasteiger charge is 2.24. The lowest BCUT2D eigenvalue weighted by Gasteiger charge is -2.24. The summed E-state index contributed by atoms with van der Waals surface area (Å²) in [5, 5.41) is 10.5. The van der Waals surface area contributed by atoms with Crippen molar-refractivity contribution in [3.8, 4) is 27.9 Å². The van der Waals surface area contributed by atoms with Crippen molar-refractivity contribution in [3.05, 3.63) is 169 Å². The van der Waals surface area contributed by atoms with E-state index in [0.717, 1.165) is 12.8 Å². The largest absolute Gasteiger partial charge is 0.308 e. The molecule has 0 unspecified atom stereocenters. The fraction of sp³-hybridized carbons (Fsp3) is 0.0417. The molecule has 50 heavy (non-hydrogen) atoms. The summed E-state index contributed by atoms with van der Waals surface area (Å²) in [6.45, 7) is 0. The molecule has 2 heterocycles. The molecule has 1 aliphatic rings. The van der Waals surface area contributed by atoms with E-state index in [1.807, 2.05) is 11.3 Å². The van der Waals surface area contributed by atoms with Crippen molar-refractivity contribution < 1.29 is 0 Å². The van der Waals surface area contributed by atoms with Crippen LogP contribution in [-0.4, -0.2) is 4.57 Å². The van der Waals surface area contributed by atoms with Gasteiger partial charge < -0.3 is 4.57 Å². The molecule has 0 spiro atoms. The number of allylic oxidation sites excluding steroid dienone is 1. The number of para-hydroxylation sites is 1. The van der Waals surface area contributed by atoms with Crippen LogP contribution in [0.2, 0.25) is 0 Å². The standard InChI is InChI=1S/C48H31NS/c1-2-14-30(15-3-1)45-34-19-6-8-21-36(34)46(37-22-9-7-20-35(37)45)38-26-28-42(32-17-5-4-16-31(32)38)49-41-24-12-10-18-33(41)39-27-29-44-47(48(39)49)40-23-11-13-25-43(40)50-44/h1-3,5-15,17-29H,4,16H2. The second-order valence-electron chi connectivity index (χ2n) is 13.5. The Kier molecular flexibility index (Phi) is 6.02. The van der Waals surface area contributed by atoms with Gasteiger partial charge >= 0.3 is 0 Å². The molecule has 0 aliphatic heterocycles. The van der Waals surface area contributed by atoms with Crippen molar-refractivity contribution in [1.82, 2.24) is 4.57 Å². The van der Waals surface area contributed by atoms with E-state index < -0.39 is 0 Å². The maximum Gasteiger partial charge on any atom is 0.0634 e. The van der Waals surface area contributed by atoms with Crippen molar-refractivity contribution in [2.24, 2.45) is 0 Å². The zero-order chi connectivity index (χ0) is 32.8.